The average molecular weight is 462 g/mol. The minimum absolute atomic E-state index is 0.00846. The minimum atomic E-state index is -0.220. The molecule has 2 aromatic rings. The molecule has 0 saturated carbocycles. The van der Waals surface area contributed by atoms with Crippen LogP contribution >= 0.6 is 27.7 Å². The van der Waals surface area contributed by atoms with Crippen molar-refractivity contribution in [1.29, 1.82) is 0 Å². The van der Waals surface area contributed by atoms with Gasteiger partial charge in [0.1, 0.15) is 6.54 Å². The Morgan fingerprint density at radius 2 is 1.93 bits per heavy atom. The van der Waals surface area contributed by atoms with Gasteiger partial charge in [-0.1, -0.05) is 28.1 Å². The first-order chi connectivity index (χ1) is 13.6. The smallest absolute Gasteiger partial charge is 0.244 e. The van der Waals surface area contributed by atoms with E-state index in [-0.39, 0.29) is 18.4 Å². The highest BCUT2D eigenvalue weighted by atomic mass is 79.9. The highest BCUT2D eigenvalue weighted by Gasteiger charge is 2.26. The van der Waals surface area contributed by atoms with E-state index < -0.39 is 0 Å². The Morgan fingerprint density at radius 1 is 1.14 bits per heavy atom. The maximum Gasteiger partial charge on any atom is 0.244 e. The van der Waals surface area contributed by atoms with Crippen molar-refractivity contribution in [2.75, 3.05) is 53.7 Å². The molecule has 0 spiro atoms. The lowest BCUT2D eigenvalue weighted by Crippen LogP contribution is -2.41. The highest BCUT2D eigenvalue weighted by molar-refractivity contribution is 9.10. The molecule has 2 aliphatic heterocycles. The number of rotatable bonds is 4. The van der Waals surface area contributed by atoms with Crippen LogP contribution in [-0.2, 0) is 14.3 Å². The summed E-state index contributed by atoms with van der Waals surface area (Å²) in [6, 6.07) is 13.5. The van der Waals surface area contributed by atoms with E-state index in [1.165, 1.54) is 11.8 Å². The predicted molar refractivity (Wildman–Crippen MR) is 115 cm³/mol. The van der Waals surface area contributed by atoms with Crippen LogP contribution in [0.25, 0.3) is 0 Å². The zero-order valence-corrected chi connectivity index (χ0v) is 17.6. The van der Waals surface area contributed by atoms with Gasteiger partial charge < -0.3 is 19.9 Å². The van der Waals surface area contributed by atoms with E-state index in [1.807, 2.05) is 42.5 Å². The van der Waals surface area contributed by atoms with Gasteiger partial charge in [-0.3, -0.25) is 9.59 Å². The van der Waals surface area contributed by atoms with Gasteiger partial charge >= 0.3 is 0 Å². The lowest BCUT2D eigenvalue weighted by atomic mass is 10.2. The summed E-state index contributed by atoms with van der Waals surface area (Å²) in [5.74, 6) is 0.0735. The van der Waals surface area contributed by atoms with Gasteiger partial charge in [-0.05, 0) is 30.3 Å². The van der Waals surface area contributed by atoms with Crippen LogP contribution in [0.15, 0.2) is 51.8 Å². The van der Waals surface area contributed by atoms with E-state index in [0.717, 1.165) is 39.5 Å². The molecule has 1 fully saturated rings. The fourth-order valence-corrected chi connectivity index (χ4v) is 4.65. The molecule has 0 radical (unpaired) electrons. The largest absolute Gasteiger partial charge is 0.378 e. The molecule has 8 heteroatoms. The van der Waals surface area contributed by atoms with Gasteiger partial charge in [0.15, 0.2) is 0 Å². The zero-order valence-electron chi connectivity index (χ0n) is 15.2. The maximum absolute atomic E-state index is 12.8. The summed E-state index contributed by atoms with van der Waals surface area (Å²) >= 11 is 4.99. The number of hydrogen-bond acceptors (Lipinski definition) is 5. The minimum Gasteiger partial charge on any atom is -0.378 e. The van der Waals surface area contributed by atoms with Crippen molar-refractivity contribution < 1.29 is 14.3 Å². The van der Waals surface area contributed by atoms with Crippen molar-refractivity contribution in [2.45, 2.75) is 4.90 Å². The summed E-state index contributed by atoms with van der Waals surface area (Å²) < 4.78 is 6.31. The Bertz CT molecular complexity index is 902. The van der Waals surface area contributed by atoms with Gasteiger partial charge in [0, 0.05) is 22.5 Å². The Balaban J connectivity index is 1.53. The van der Waals surface area contributed by atoms with Crippen molar-refractivity contribution in [3.63, 3.8) is 0 Å². The summed E-state index contributed by atoms with van der Waals surface area (Å²) in [4.78, 5) is 30.0. The quantitative estimate of drug-likeness (QED) is 0.755. The number of ether oxygens (including phenoxy) is 1. The van der Waals surface area contributed by atoms with Crippen molar-refractivity contribution in [3.05, 3.63) is 46.9 Å². The summed E-state index contributed by atoms with van der Waals surface area (Å²) in [7, 11) is 0. The number of nitrogens with one attached hydrogen (secondary N) is 1. The lowest BCUT2D eigenvalue weighted by molar-refractivity contribution is -0.120. The molecule has 0 aromatic heterocycles. The van der Waals surface area contributed by atoms with Gasteiger partial charge in [0.2, 0.25) is 11.8 Å². The molecule has 1 N–H and O–H groups in total. The molecule has 1 saturated heterocycles. The SMILES string of the molecule is O=C(CN1C(=O)CSc2ccccc21)Nc1cc(Br)ccc1N1CCOCC1. The number of hydrogen-bond donors (Lipinski definition) is 1. The Labute approximate surface area is 176 Å². The van der Waals surface area contributed by atoms with Crippen LogP contribution in [0.5, 0.6) is 0 Å². The summed E-state index contributed by atoms with van der Waals surface area (Å²) in [5, 5.41) is 3.00. The van der Waals surface area contributed by atoms with Crippen molar-refractivity contribution in [3.8, 4) is 0 Å². The third-order valence-corrected chi connectivity index (χ3v) is 6.24. The lowest BCUT2D eigenvalue weighted by Gasteiger charge is -2.31. The van der Waals surface area contributed by atoms with Gasteiger partial charge in [0.25, 0.3) is 0 Å². The molecule has 2 heterocycles. The van der Waals surface area contributed by atoms with Crippen LogP contribution < -0.4 is 15.1 Å². The van der Waals surface area contributed by atoms with E-state index in [0.29, 0.717) is 19.0 Å². The second-order valence-electron chi connectivity index (χ2n) is 6.55. The van der Waals surface area contributed by atoms with Crippen molar-refractivity contribution in [2.24, 2.45) is 0 Å². The van der Waals surface area contributed by atoms with E-state index in [2.05, 4.69) is 26.1 Å². The zero-order chi connectivity index (χ0) is 19.5. The number of carbonyl (C=O) groups excluding carboxylic acids is 2. The first kappa shape index (κ1) is 19.3. The molecule has 4 rings (SSSR count). The molecule has 146 valence electrons. The summed E-state index contributed by atoms with van der Waals surface area (Å²) in [6.45, 7) is 2.88. The molecule has 2 aromatic carbocycles. The molecule has 2 aliphatic rings. The van der Waals surface area contributed by atoms with Crippen LogP contribution in [0, 0.1) is 0 Å². The first-order valence-electron chi connectivity index (χ1n) is 9.06. The number of benzene rings is 2. The fourth-order valence-electron chi connectivity index (χ4n) is 3.35. The van der Waals surface area contributed by atoms with Crippen molar-refractivity contribution >= 4 is 56.6 Å². The molecule has 0 bridgehead atoms. The number of thioether (sulfide) groups is 1. The fraction of sp³-hybridized carbons (Fsp3) is 0.300. The topological polar surface area (TPSA) is 61.9 Å². The number of fused-ring (bicyclic) bond motifs is 1. The van der Waals surface area contributed by atoms with Crippen LogP contribution in [0.3, 0.4) is 0 Å². The first-order valence-corrected chi connectivity index (χ1v) is 10.8. The Morgan fingerprint density at radius 3 is 2.75 bits per heavy atom. The maximum atomic E-state index is 12.8. The Kier molecular flexibility index (Phi) is 5.89. The number of amides is 2. The molecular formula is C20H20BrN3O3S. The van der Waals surface area contributed by atoms with E-state index in [9.17, 15) is 9.59 Å². The van der Waals surface area contributed by atoms with Gasteiger partial charge in [-0.15, -0.1) is 11.8 Å². The van der Waals surface area contributed by atoms with E-state index in [4.69, 9.17) is 4.74 Å². The monoisotopic (exact) mass is 461 g/mol. The second kappa shape index (κ2) is 8.55. The van der Waals surface area contributed by atoms with Crippen LogP contribution in [0.2, 0.25) is 0 Å². The van der Waals surface area contributed by atoms with Crippen molar-refractivity contribution in [1.82, 2.24) is 0 Å². The second-order valence-corrected chi connectivity index (χ2v) is 8.48. The molecular weight excluding hydrogens is 442 g/mol. The number of carbonyl (C=O) groups is 2. The molecule has 6 nitrogen and oxygen atoms in total. The molecule has 0 aliphatic carbocycles. The number of morpholine rings is 1. The molecule has 0 unspecified atom stereocenters. The normalized spacial score (nSPS) is 16.7. The molecule has 2 amide bonds. The molecule has 0 atom stereocenters. The predicted octanol–water partition coefficient (Wildman–Crippen LogP) is 3.36. The van der Waals surface area contributed by atoms with Gasteiger partial charge in [-0.2, -0.15) is 0 Å². The van der Waals surface area contributed by atoms with E-state index in [1.54, 1.807) is 4.90 Å². The summed E-state index contributed by atoms with van der Waals surface area (Å²) in [5.41, 5.74) is 2.48. The summed E-state index contributed by atoms with van der Waals surface area (Å²) in [6.07, 6.45) is 0. The molecule has 28 heavy (non-hydrogen) atoms. The van der Waals surface area contributed by atoms with E-state index >= 15 is 0 Å². The number of para-hydroxylation sites is 1. The number of nitrogens with zero attached hydrogens (tertiary/aromatic N) is 2. The average Bonchev–Trinajstić information content (AvgIpc) is 2.71. The third-order valence-electron chi connectivity index (χ3n) is 4.69. The Hall–Kier alpha value is -2.03. The number of anilines is 3. The van der Waals surface area contributed by atoms with Crippen LogP contribution in [-0.4, -0.2) is 50.4 Å². The standard InChI is InChI=1S/C20H20BrN3O3S/c21-14-5-6-16(23-7-9-27-10-8-23)15(11-14)22-19(25)12-24-17-3-1-2-4-18(17)28-13-20(24)26/h1-6,11H,7-10,12-13H2,(H,22,25). The third kappa shape index (κ3) is 4.19. The highest BCUT2D eigenvalue weighted by Crippen LogP contribution is 2.35. The van der Waals surface area contributed by atoms with Crippen LogP contribution in [0.1, 0.15) is 0 Å². The van der Waals surface area contributed by atoms with Gasteiger partial charge in [0.05, 0.1) is 36.0 Å². The number of halogens is 1. The van der Waals surface area contributed by atoms with Gasteiger partial charge in [-0.25, -0.2) is 0 Å². The van der Waals surface area contributed by atoms with Crippen LogP contribution in [0.4, 0.5) is 17.1 Å².